The van der Waals surface area contributed by atoms with E-state index in [-0.39, 0.29) is 12.2 Å². The van der Waals surface area contributed by atoms with E-state index in [4.69, 9.17) is 4.42 Å². The summed E-state index contributed by atoms with van der Waals surface area (Å²) in [6.07, 6.45) is -2.40. The molecule has 136 valence electrons. The van der Waals surface area contributed by atoms with Crippen molar-refractivity contribution in [3.05, 3.63) is 54.0 Å². The second kappa shape index (κ2) is 7.18. The molecule has 0 bridgehead atoms. The predicted octanol–water partition coefficient (Wildman–Crippen LogP) is 2.38. The Morgan fingerprint density at radius 2 is 1.96 bits per heavy atom. The fourth-order valence-corrected chi connectivity index (χ4v) is 2.87. The lowest BCUT2D eigenvalue weighted by molar-refractivity contribution is -0.137. The predicted molar refractivity (Wildman–Crippen MR) is 84.2 cm³/mol. The summed E-state index contributed by atoms with van der Waals surface area (Å²) in [5, 5.41) is 2.44. The Morgan fingerprint density at radius 1 is 1.24 bits per heavy atom. The smallest absolute Gasteiger partial charge is 0.416 e. The molecule has 0 radical (unpaired) electrons. The number of sulfonamides is 1. The van der Waals surface area contributed by atoms with Crippen LogP contribution in [-0.4, -0.2) is 27.1 Å². The molecular weight excluding hydrogens is 361 g/mol. The molecule has 0 unspecified atom stereocenters. The number of alkyl halides is 3. The number of hydrogen-bond acceptors (Lipinski definition) is 4. The summed E-state index contributed by atoms with van der Waals surface area (Å²) in [5.41, 5.74) is -1.25. The lowest BCUT2D eigenvalue weighted by Crippen LogP contribution is -2.40. The first-order valence-corrected chi connectivity index (χ1v) is 8.86. The Labute approximate surface area is 142 Å². The van der Waals surface area contributed by atoms with E-state index in [2.05, 4.69) is 5.32 Å². The summed E-state index contributed by atoms with van der Waals surface area (Å²) in [6, 6.07) is 7.00. The highest BCUT2D eigenvalue weighted by molar-refractivity contribution is 7.92. The quantitative estimate of drug-likeness (QED) is 0.840. The van der Waals surface area contributed by atoms with E-state index in [9.17, 15) is 26.4 Å². The highest BCUT2D eigenvalue weighted by Gasteiger charge is 2.31. The van der Waals surface area contributed by atoms with Gasteiger partial charge in [-0.2, -0.15) is 13.2 Å². The van der Waals surface area contributed by atoms with Crippen molar-refractivity contribution >= 4 is 21.6 Å². The maximum atomic E-state index is 12.8. The minimum absolute atomic E-state index is 0.0338. The van der Waals surface area contributed by atoms with Gasteiger partial charge in [0, 0.05) is 0 Å². The number of rotatable bonds is 6. The number of benzene rings is 1. The third kappa shape index (κ3) is 5.24. The molecule has 2 aromatic rings. The van der Waals surface area contributed by atoms with Gasteiger partial charge in [-0.15, -0.1) is 0 Å². The molecule has 2 rings (SSSR count). The number of furan rings is 1. The Hall–Kier alpha value is -2.49. The van der Waals surface area contributed by atoms with Crippen molar-refractivity contribution in [1.29, 1.82) is 0 Å². The number of amides is 1. The van der Waals surface area contributed by atoms with Crippen LogP contribution in [0.2, 0.25) is 0 Å². The summed E-state index contributed by atoms with van der Waals surface area (Å²) < 4.78 is 67.9. The van der Waals surface area contributed by atoms with Crippen LogP contribution in [0.3, 0.4) is 0 Å². The summed E-state index contributed by atoms with van der Waals surface area (Å²) in [7, 11) is -3.97. The van der Waals surface area contributed by atoms with Gasteiger partial charge in [0.05, 0.1) is 30.3 Å². The van der Waals surface area contributed by atoms with E-state index in [1.54, 1.807) is 12.1 Å². The van der Waals surface area contributed by atoms with Crippen molar-refractivity contribution in [2.24, 2.45) is 0 Å². The molecule has 0 saturated heterocycles. The molecule has 1 heterocycles. The van der Waals surface area contributed by atoms with Crippen molar-refractivity contribution < 1.29 is 30.8 Å². The molecule has 10 heteroatoms. The first-order chi connectivity index (χ1) is 11.6. The highest BCUT2D eigenvalue weighted by Crippen LogP contribution is 2.32. The molecule has 1 aromatic heterocycles. The van der Waals surface area contributed by atoms with Gasteiger partial charge in [0.25, 0.3) is 0 Å². The molecule has 1 aromatic carbocycles. The fourth-order valence-electron chi connectivity index (χ4n) is 2.02. The number of nitrogens with zero attached hydrogens (tertiary/aromatic N) is 1. The van der Waals surface area contributed by atoms with Crippen molar-refractivity contribution in [3.63, 3.8) is 0 Å². The molecule has 1 N–H and O–H groups in total. The first-order valence-electron chi connectivity index (χ1n) is 7.01. The average Bonchev–Trinajstić information content (AvgIpc) is 3.02. The molecular formula is C15H15F3N2O4S. The molecule has 6 nitrogen and oxygen atoms in total. The molecule has 1 amide bonds. The fraction of sp³-hybridized carbons (Fsp3) is 0.267. The van der Waals surface area contributed by atoms with E-state index in [0.29, 0.717) is 16.1 Å². The number of anilines is 1. The van der Waals surface area contributed by atoms with Crippen LogP contribution in [-0.2, 0) is 27.5 Å². The second-order valence-corrected chi connectivity index (χ2v) is 7.08. The molecule has 0 aliphatic heterocycles. The average molecular weight is 376 g/mol. The third-order valence-electron chi connectivity index (χ3n) is 3.19. The number of nitrogens with one attached hydrogen (secondary N) is 1. The minimum atomic E-state index is -4.62. The van der Waals surface area contributed by atoms with Crippen molar-refractivity contribution in [2.45, 2.75) is 12.7 Å². The van der Waals surface area contributed by atoms with Crippen LogP contribution >= 0.6 is 0 Å². The topological polar surface area (TPSA) is 79.6 Å². The Balaban J connectivity index is 2.18. The van der Waals surface area contributed by atoms with Crippen molar-refractivity contribution in [2.75, 3.05) is 17.1 Å². The molecule has 0 aliphatic carbocycles. The number of carbonyl (C=O) groups excluding carboxylic acids is 1. The largest absolute Gasteiger partial charge is 0.467 e. The van der Waals surface area contributed by atoms with Crippen LogP contribution in [0.5, 0.6) is 0 Å². The molecule has 25 heavy (non-hydrogen) atoms. The summed E-state index contributed by atoms with van der Waals surface area (Å²) >= 11 is 0. The van der Waals surface area contributed by atoms with E-state index in [1.807, 2.05) is 0 Å². The number of hydrogen-bond donors (Lipinski definition) is 1. The summed E-state index contributed by atoms with van der Waals surface area (Å²) in [6.45, 7) is -0.618. The molecule has 0 fully saturated rings. The van der Waals surface area contributed by atoms with Gasteiger partial charge in [0.1, 0.15) is 12.3 Å². The van der Waals surface area contributed by atoms with Gasteiger partial charge in [0.2, 0.25) is 15.9 Å². The normalized spacial score (nSPS) is 12.0. The van der Waals surface area contributed by atoms with Crippen LogP contribution < -0.4 is 9.62 Å². The standard InChI is InChI=1S/C15H15F3N2O4S/c1-25(22,23)20(10-14(21)19-9-13-6-3-7-24-13)12-5-2-4-11(8-12)15(16,17)18/h2-8H,9-10H2,1H3,(H,19,21). The van der Waals surface area contributed by atoms with Gasteiger partial charge < -0.3 is 9.73 Å². The molecule has 0 aliphatic rings. The van der Waals surface area contributed by atoms with Crippen LogP contribution in [0.15, 0.2) is 47.1 Å². The zero-order valence-electron chi connectivity index (χ0n) is 13.1. The Kier molecular flexibility index (Phi) is 5.41. The summed E-state index contributed by atoms with van der Waals surface area (Å²) in [4.78, 5) is 12.0. The molecule has 0 atom stereocenters. The van der Waals surface area contributed by atoms with Crippen LogP contribution in [0.25, 0.3) is 0 Å². The van der Waals surface area contributed by atoms with Crippen LogP contribution in [0.1, 0.15) is 11.3 Å². The van der Waals surface area contributed by atoms with Gasteiger partial charge in [-0.25, -0.2) is 8.42 Å². The number of halogens is 3. The van der Waals surface area contributed by atoms with Gasteiger partial charge >= 0.3 is 6.18 Å². The molecule has 0 saturated carbocycles. The van der Waals surface area contributed by atoms with Gasteiger partial charge in [-0.1, -0.05) is 6.07 Å². The van der Waals surface area contributed by atoms with E-state index >= 15 is 0 Å². The van der Waals surface area contributed by atoms with E-state index in [0.717, 1.165) is 18.4 Å². The van der Waals surface area contributed by atoms with E-state index < -0.39 is 34.2 Å². The third-order valence-corrected chi connectivity index (χ3v) is 4.33. The SMILES string of the molecule is CS(=O)(=O)N(CC(=O)NCc1ccco1)c1cccc(C(F)(F)F)c1. The second-order valence-electron chi connectivity index (χ2n) is 5.17. The minimum Gasteiger partial charge on any atom is -0.467 e. The van der Waals surface area contributed by atoms with Gasteiger partial charge in [-0.3, -0.25) is 9.10 Å². The lowest BCUT2D eigenvalue weighted by Gasteiger charge is -2.22. The number of carbonyl (C=O) groups is 1. The summed E-state index contributed by atoms with van der Waals surface area (Å²) in [5.74, 6) is -0.224. The zero-order valence-corrected chi connectivity index (χ0v) is 13.9. The Morgan fingerprint density at radius 3 is 2.52 bits per heavy atom. The maximum absolute atomic E-state index is 12.8. The zero-order chi connectivity index (χ0) is 18.7. The molecule has 0 spiro atoms. The van der Waals surface area contributed by atoms with E-state index in [1.165, 1.54) is 12.3 Å². The van der Waals surface area contributed by atoms with Gasteiger partial charge in [0.15, 0.2) is 0 Å². The van der Waals surface area contributed by atoms with Crippen molar-refractivity contribution in [3.8, 4) is 0 Å². The van der Waals surface area contributed by atoms with Crippen molar-refractivity contribution in [1.82, 2.24) is 5.32 Å². The Bertz CT molecular complexity index is 833. The van der Waals surface area contributed by atoms with Crippen LogP contribution in [0, 0.1) is 0 Å². The maximum Gasteiger partial charge on any atom is 0.416 e. The highest BCUT2D eigenvalue weighted by atomic mass is 32.2. The lowest BCUT2D eigenvalue weighted by atomic mass is 10.2. The first kappa shape index (κ1) is 18.8. The monoisotopic (exact) mass is 376 g/mol. The van der Waals surface area contributed by atoms with Gasteiger partial charge in [-0.05, 0) is 30.3 Å². The van der Waals surface area contributed by atoms with Crippen LogP contribution in [0.4, 0.5) is 18.9 Å².